The minimum atomic E-state index is -0.863. The zero-order valence-corrected chi connectivity index (χ0v) is 14.5. The first-order valence-electron chi connectivity index (χ1n) is 7.88. The fourth-order valence-corrected chi connectivity index (χ4v) is 2.18. The molecular weight excluding hydrogens is 318 g/mol. The number of amides is 3. The van der Waals surface area contributed by atoms with Crippen molar-refractivity contribution in [1.29, 1.82) is 0 Å². The van der Waals surface area contributed by atoms with Crippen LogP contribution in [0.1, 0.15) is 16.7 Å². The van der Waals surface area contributed by atoms with E-state index in [1.807, 2.05) is 45.0 Å². The lowest BCUT2D eigenvalue weighted by Gasteiger charge is -2.09. The van der Waals surface area contributed by atoms with Crippen LogP contribution in [0.2, 0.25) is 0 Å². The van der Waals surface area contributed by atoms with Gasteiger partial charge in [-0.2, -0.15) is 0 Å². The minimum Gasteiger partial charge on any atom is -0.339 e. The Morgan fingerprint density at radius 2 is 1.52 bits per heavy atom. The molecule has 3 N–H and O–H groups in total. The molecule has 6 heteroatoms. The molecule has 6 nitrogen and oxygen atoms in total. The van der Waals surface area contributed by atoms with Crippen LogP contribution in [0.25, 0.3) is 0 Å². The highest BCUT2D eigenvalue weighted by molar-refractivity contribution is 6.39. The maximum absolute atomic E-state index is 11.9. The molecule has 0 spiro atoms. The molecule has 2 rings (SSSR count). The predicted octanol–water partition coefficient (Wildman–Crippen LogP) is 2.31. The number of hydrogen-bond donors (Lipinski definition) is 3. The second kappa shape index (κ2) is 8.10. The smallest absolute Gasteiger partial charge is 0.313 e. The predicted molar refractivity (Wildman–Crippen MR) is 97.4 cm³/mol. The Morgan fingerprint density at radius 1 is 0.800 bits per heavy atom. The van der Waals surface area contributed by atoms with Gasteiger partial charge in [0.25, 0.3) is 0 Å². The highest BCUT2D eigenvalue weighted by Gasteiger charge is 2.15. The van der Waals surface area contributed by atoms with E-state index in [0.29, 0.717) is 11.4 Å². The Morgan fingerprint density at radius 3 is 2.20 bits per heavy atom. The van der Waals surface area contributed by atoms with Crippen LogP contribution in [-0.4, -0.2) is 24.3 Å². The van der Waals surface area contributed by atoms with Gasteiger partial charge in [0.2, 0.25) is 5.91 Å². The average Bonchev–Trinajstić information content (AvgIpc) is 2.56. The summed E-state index contributed by atoms with van der Waals surface area (Å²) in [4.78, 5) is 35.5. The largest absolute Gasteiger partial charge is 0.339 e. The first-order valence-corrected chi connectivity index (χ1v) is 7.88. The number of carbonyl (C=O) groups is 3. The van der Waals surface area contributed by atoms with Gasteiger partial charge in [-0.05, 0) is 61.7 Å². The number of carbonyl (C=O) groups excluding carboxylic acids is 3. The molecule has 2 aromatic rings. The van der Waals surface area contributed by atoms with E-state index in [-0.39, 0.29) is 6.54 Å². The first kappa shape index (κ1) is 18.2. The van der Waals surface area contributed by atoms with E-state index in [0.717, 1.165) is 16.7 Å². The molecule has 2 aromatic carbocycles. The van der Waals surface area contributed by atoms with Crippen molar-refractivity contribution in [2.24, 2.45) is 0 Å². The zero-order valence-electron chi connectivity index (χ0n) is 14.5. The normalized spacial score (nSPS) is 10.0. The van der Waals surface area contributed by atoms with Crippen molar-refractivity contribution < 1.29 is 14.4 Å². The molecule has 0 atom stereocenters. The second-order valence-electron chi connectivity index (χ2n) is 5.85. The second-order valence-corrected chi connectivity index (χ2v) is 5.85. The molecule has 0 saturated carbocycles. The third kappa shape index (κ3) is 5.46. The topological polar surface area (TPSA) is 87.3 Å². The molecule has 0 aliphatic heterocycles. The van der Waals surface area contributed by atoms with E-state index >= 15 is 0 Å². The number of aryl methyl sites for hydroxylation is 3. The summed E-state index contributed by atoms with van der Waals surface area (Å²) >= 11 is 0. The molecule has 0 aliphatic rings. The van der Waals surface area contributed by atoms with Crippen molar-refractivity contribution in [3.05, 3.63) is 59.2 Å². The van der Waals surface area contributed by atoms with Crippen molar-refractivity contribution >= 4 is 29.1 Å². The van der Waals surface area contributed by atoms with Gasteiger partial charge in [-0.3, -0.25) is 14.4 Å². The van der Waals surface area contributed by atoms with E-state index in [1.54, 1.807) is 18.2 Å². The molecule has 0 bridgehead atoms. The van der Waals surface area contributed by atoms with Gasteiger partial charge in [0.15, 0.2) is 0 Å². The van der Waals surface area contributed by atoms with E-state index in [4.69, 9.17) is 0 Å². The maximum Gasteiger partial charge on any atom is 0.313 e. The van der Waals surface area contributed by atoms with Crippen LogP contribution in [0.3, 0.4) is 0 Å². The summed E-state index contributed by atoms with van der Waals surface area (Å²) < 4.78 is 0. The lowest BCUT2D eigenvalue weighted by molar-refractivity contribution is -0.136. The van der Waals surface area contributed by atoms with Crippen molar-refractivity contribution in [2.45, 2.75) is 20.8 Å². The quantitative estimate of drug-likeness (QED) is 0.747. The van der Waals surface area contributed by atoms with E-state index in [2.05, 4.69) is 16.0 Å². The van der Waals surface area contributed by atoms with Crippen LogP contribution in [0.4, 0.5) is 11.4 Å². The third-order valence-corrected chi connectivity index (χ3v) is 3.68. The third-order valence-electron chi connectivity index (χ3n) is 3.68. The van der Waals surface area contributed by atoms with Gasteiger partial charge in [0, 0.05) is 11.4 Å². The molecule has 0 radical (unpaired) electrons. The number of nitrogens with one attached hydrogen (secondary N) is 3. The monoisotopic (exact) mass is 339 g/mol. The van der Waals surface area contributed by atoms with Gasteiger partial charge in [0.1, 0.15) is 0 Å². The summed E-state index contributed by atoms with van der Waals surface area (Å²) in [5.74, 6) is -2.08. The number of anilines is 2. The van der Waals surface area contributed by atoms with Gasteiger partial charge in [-0.1, -0.05) is 18.2 Å². The zero-order chi connectivity index (χ0) is 18.4. The lowest BCUT2D eigenvalue weighted by atomic mass is 10.1. The fourth-order valence-electron chi connectivity index (χ4n) is 2.18. The van der Waals surface area contributed by atoms with Crippen LogP contribution in [0, 0.1) is 20.8 Å². The molecular formula is C19H21N3O3. The number of benzene rings is 2. The highest BCUT2D eigenvalue weighted by atomic mass is 16.2. The minimum absolute atomic E-state index is 0.285. The number of hydrogen-bond acceptors (Lipinski definition) is 3. The fraction of sp³-hybridized carbons (Fsp3) is 0.211. The highest BCUT2D eigenvalue weighted by Crippen LogP contribution is 2.14. The number of rotatable bonds is 4. The van der Waals surface area contributed by atoms with Crippen LogP contribution in [0.15, 0.2) is 42.5 Å². The molecule has 0 heterocycles. The Balaban J connectivity index is 1.83. The van der Waals surface area contributed by atoms with Crippen LogP contribution in [0.5, 0.6) is 0 Å². The van der Waals surface area contributed by atoms with Crippen molar-refractivity contribution in [3.8, 4) is 0 Å². The Labute approximate surface area is 146 Å². The summed E-state index contributed by atoms with van der Waals surface area (Å²) in [6.45, 7) is 5.50. The van der Waals surface area contributed by atoms with Gasteiger partial charge in [-0.15, -0.1) is 0 Å². The van der Waals surface area contributed by atoms with Crippen molar-refractivity contribution in [2.75, 3.05) is 17.2 Å². The molecule has 0 aromatic heterocycles. The van der Waals surface area contributed by atoms with Gasteiger partial charge in [-0.25, -0.2) is 0 Å². The molecule has 25 heavy (non-hydrogen) atoms. The van der Waals surface area contributed by atoms with Crippen molar-refractivity contribution in [1.82, 2.24) is 5.32 Å². The van der Waals surface area contributed by atoms with Crippen LogP contribution < -0.4 is 16.0 Å². The van der Waals surface area contributed by atoms with E-state index in [1.165, 1.54) is 0 Å². The first-order chi connectivity index (χ1) is 11.8. The summed E-state index contributed by atoms with van der Waals surface area (Å²) in [7, 11) is 0. The standard InChI is InChI=1S/C19H21N3O3/c1-12-5-4-6-15(9-12)21-17(23)11-20-18(24)19(25)22-16-8-7-13(2)14(3)10-16/h4-10H,11H2,1-3H3,(H,20,24)(H,21,23)(H,22,25). The van der Waals surface area contributed by atoms with Crippen LogP contribution >= 0.6 is 0 Å². The summed E-state index contributed by atoms with van der Waals surface area (Å²) in [5.41, 5.74) is 4.28. The molecule has 0 saturated heterocycles. The Bertz CT molecular complexity index is 815. The van der Waals surface area contributed by atoms with E-state index in [9.17, 15) is 14.4 Å². The van der Waals surface area contributed by atoms with Gasteiger partial charge < -0.3 is 16.0 Å². The van der Waals surface area contributed by atoms with Gasteiger partial charge >= 0.3 is 11.8 Å². The maximum atomic E-state index is 11.9. The van der Waals surface area contributed by atoms with Gasteiger partial charge in [0.05, 0.1) is 6.54 Å². The molecule has 0 unspecified atom stereocenters. The summed E-state index contributed by atoms with van der Waals surface area (Å²) in [6.07, 6.45) is 0. The molecule has 0 fully saturated rings. The SMILES string of the molecule is Cc1cccc(NC(=O)CNC(=O)C(=O)Nc2ccc(C)c(C)c2)c1. The lowest BCUT2D eigenvalue weighted by Crippen LogP contribution is -2.39. The molecule has 0 aliphatic carbocycles. The van der Waals surface area contributed by atoms with E-state index < -0.39 is 17.7 Å². The Hall–Kier alpha value is -3.15. The summed E-state index contributed by atoms with van der Waals surface area (Å²) in [6, 6.07) is 12.7. The average molecular weight is 339 g/mol. The molecule has 3 amide bonds. The molecule has 130 valence electrons. The van der Waals surface area contributed by atoms with Crippen LogP contribution in [-0.2, 0) is 14.4 Å². The summed E-state index contributed by atoms with van der Waals surface area (Å²) in [5, 5.41) is 7.46. The van der Waals surface area contributed by atoms with Crippen molar-refractivity contribution in [3.63, 3.8) is 0 Å². The Kier molecular flexibility index (Phi) is 5.89.